The molecule has 2 aromatic rings. The van der Waals surface area contributed by atoms with Crippen LogP contribution in [0.4, 0.5) is 5.13 Å². The number of carbonyl (C=O) groups is 1. The molecule has 1 aromatic heterocycles. The lowest BCUT2D eigenvalue weighted by molar-refractivity contribution is -0.116. The minimum absolute atomic E-state index is 0.0176. The number of rotatable bonds is 6. The van der Waals surface area contributed by atoms with Crippen LogP contribution in [0.5, 0.6) is 11.5 Å². The van der Waals surface area contributed by atoms with Crippen LogP contribution in [0, 0.1) is 0 Å². The van der Waals surface area contributed by atoms with E-state index in [0.29, 0.717) is 17.3 Å². The summed E-state index contributed by atoms with van der Waals surface area (Å²) in [6, 6.07) is 5.53. The molecule has 6 heteroatoms. The molecule has 0 aliphatic carbocycles. The van der Waals surface area contributed by atoms with E-state index in [1.165, 1.54) is 11.3 Å². The summed E-state index contributed by atoms with van der Waals surface area (Å²) in [4.78, 5) is 16.0. The highest BCUT2D eigenvalue weighted by Crippen LogP contribution is 2.34. The number of anilines is 1. The van der Waals surface area contributed by atoms with Gasteiger partial charge in [0.25, 0.3) is 0 Å². The Labute approximate surface area is 127 Å². The number of nitrogens with one attached hydrogen (secondary N) is 1. The van der Waals surface area contributed by atoms with Crippen LogP contribution in [0.1, 0.15) is 19.8 Å². The van der Waals surface area contributed by atoms with E-state index in [9.17, 15) is 4.79 Å². The van der Waals surface area contributed by atoms with Gasteiger partial charge in [0.15, 0.2) is 5.13 Å². The summed E-state index contributed by atoms with van der Waals surface area (Å²) in [5.74, 6) is 1.43. The van der Waals surface area contributed by atoms with Gasteiger partial charge >= 0.3 is 0 Å². The van der Waals surface area contributed by atoms with Crippen LogP contribution in [-0.4, -0.2) is 25.1 Å². The van der Waals surface area contributed by atoms with Crippen LogP contribution in [0.15, 0.2) is 23.6 Å². The molecule has 0 bridgehead atoms. The van der Waals surface area contributed by atoms with Crippen molar-refractivity contribution in [3.8, 4) is 22.8 Å². The molecular formula is C15H18N2O3S. The fourth-order valence-electron chi connectivity index (χ4n) is 1.88. The number of hydrogen-bond acceptors (Lipinski definition) is 5. The maximum atomic E-state index is 11.6. The molecule has 0 aliphatic rings. The van der Waals surface area contributed by atoms with E-state index < -0.39 is 0 Å². The molecule has 0 unspecified atom stereocenters. The number of hydrogen-bond donors (Lipinski definition) is 1. The number of thiazole rings is 1. The first kappa shape index (κ1) is 15.3. The van der Waals surface area contributed by atoms with Gasteiger partial charge in [-0.05, 0) is 24.6 Å². The molecule has 2 rings (SSSR count). The maximum absolute atomic E-state index is 11.6. The largest absolute Gasteiger partial charge is 0.497 e. The van der Waals surface area contributed by atoms with Crippen LogP contribution in [0.25, 0.3) is 11.3 Å². The first-order chi connectivity index (χ1) is 10.2. The Bertz CT molecular complexity index is 625. The van der Waals surface area contributed by atoms with Gasteiger partial charge in [-0.2, -0.15) is 0 Å². The van der Waals surface area contributed by atoms with Gasteiger partial charge in [-0.15, -0.1) is 11.3 Å². The monoisotopic (exact) mass is 306 g/mol. The fourth-order valence-corrected chi connectivity index (χ4v) is 2.60. The van der Waals surface area contributed by atoms with Crippen molar-refractivity contribution in [3.63, 3.8) is 0 Å². The number of amides is 1. The summed E-state index contributed by atoms with van der Waals surface area (Å²) in [6.45, 7) is 1.97. The summed E-state index contributed by atoms with van der Waals surface area (Å²) in [5, 5.41) is 5.27. The normalized spacial score (nSPS) is 10.2. The summed E-state index contributed by atoms with van der Waals surface area (Å²) in [7, 11) is 3.23. The molecule has 1 aromatic carbocycles. The number of carbonyl (C=O) groups excluding carboxylic acids is 1. The zero-order valence-corrected chi connectivity index (χ0v) is 13.1. The van der Waals surface area contributed by atoms with Crippen molar-refractivity contribution in [1.82, 2.24) is 4.98 Å². The standard InChI is InChI=1S/C15H18N2O3S/c1-4-5-14(18)17-15-16-12(9-21-15)11-8-10(19-2)6-7-13(11)20-3/h6-9H,4-5H2,1-3H3,(H,16,17,18). The van der Waals surface area contributed by atoms with Crippen molar-refractivity contribution >= 4 is 22.4 Å². The van der Waals surface area contributed by atoms with Gasteiger partial charge in [-0.3, -0.25) is 4.79 Å². The molecule has 0 atom stereocenters. The lowest BCUT2D eigenvalue weighted by Gasteiger charge is -2.08. The molecule has 1 heterocycles. The first-order valence-electron chi connectivity index (χ1n) is 6.65. The van der Waals surface area contributed by atoms with E-state index in [2.05, 4.69) is 10.3 Å². The second kappa shape index (κ2) is 7.08. The predicted molar refractivity (Wildman–Crippen MR) is 84.2 cm³/mol. The summed E-state index contributed by atoms with van der Waals surface area (Å²) < 4.78 is 10.6. The number of ether oxygens (including phenoxy) is 2. The Balaban J connectivity index is 2.26. The molecule has 1 amide bonds. The topological polar surface area (TPSA) is 60.5 Å². The van der Waals surface area contributed by atoms with E-state index in [-0.39, 0.29) is 5.91 Å². The van der Waals surface area contributed by atoms with Gasteiger partial charge in [-0.25, -0.2) is 4.98 Å². The number of benzene rings is 1. The Morgan fingerprint density at radius 1 is 1.33 bits per heavy atom. The van der Waals surface area contributed by atoms with Crippen LogP contribution < -0.4 is 14.8 Å². The van der Waals surface area contributed by atoms with Gasteiger partial charge in [-0.1, -0.05) is 6.92 Å². The van der Waals surface area contributed by atoms with Crippen molar-refractivity contribution in [3.05, 3.63) is 23.6 Å². The van der Waals surface area contributed by atoms with E-state index in [1.54, 1.807) is 14.2 Å². The lowest BCUT2D eigenvalue weighted by Crippen LogP contribution is -2.10. The molecule has 21 heavy (non-hydrogen) atoms. The summed E-state index contributed by atoms with van der Waals surface area (Å²) in [6.07, 6.45) is 1.31. The van der Waals surface area contributed by atoms with Crippen molar-refractivity contribution in [2.75, 3.05) is 19.5 Å². The van der Waals surface area contributed by atoms with Gasteiger partial charge in [0.1, 0.15) is 11.5 Å². The maximum Gasteiger partial charge on any atom is 0.226 e. The second-order valence-corrected chi connectivity index (χ2v) is 5.26. The van der Waals surface area contributed by atoms with Crippen LogP contribution in [0.3, 0.4) is 0 Å². The third-order valence-corrected chi connectivity index (χ3v) is 3.67. The zero-order chi connectivity index (χ0) is 15.2. The molecule has 0 saturated heterocycles. The Kier molecular flexibility index (Phi) is 5.16. The summed E-state index contributed by atoms with van der Waals surface area (Å²) >= 11 is 1.39. The smallest absolute Gasteiger partial charge is 0.226 e. The highest BCUT2D eigenvalue weighted by Gasteiger charge is 2.12. The SMILES string of the molecule is CCCC(=O)Nc1nc(-c2cc(OC)ccc2OC)cs1. The molecule has 0 aliphatic heterocycles. The minimum Gasteiger partial charge on any atom is -0.497 e. The zero-order valence-electron chi connectivity index (χ0n) is 12.3. The molecule has 0 spiro atoms. The van der Waals surface area contributed by atoms with Crippen molar-refractivity contribution in [1.29, 1.82) is 0 Å². The van der Waals surface area contributed by atoms with E-state index in [0.717, 1.165) is 23.4 Å². The van der Waals surface area contributed by atoms with Crippen molar-refractivity contribution in [2.45, 2.75) is 19.8 Å². The minimum atomic E-state index is -0.0176. The van der Waals surface area contributed by atoms with E-state index >= 15 is 0 Å². The average molecular weight is 306 g/mol. The first-order valence-corrected chi connectivity index (χ1v) is 7.53. The molecule has 5 nitrogen and oxygen atoms in total. The van der Waals surface area contributed by atoms with Gasteiger partial charge in [0.2, 0.25) is 5.91 Å². The molecule has 112 valence electrons. The molecule has 0 saturated carbocycles. The Morgan fingerprint density at radius 3 is 2.81 bits per heavy atom. The average Bonchev–Trinajstić information content (AvgIpc) is 2.95. The van der Waals surface area contributed by atoms with Gasteiger partial charge < -0.3 is 14.8 Å². The van der Waals surface area contributed by atoms with E-state index in [4.69, 9.17) is 9.47 Å². The highest BCUT2D eigenvalue weighted by molar-refractivity contribution is 7.14. The molecule has 0 fully saturated rings. The van der Waals surface area contributed by atoms with E-state index in [1.807, 2.05) is 30.5 Å². The van der Waals surface area contributed by atoms with Crippen LogP contribution >= 0.6 is 11.3 Å². The lowest BCUT2D eigenvalue weighted by atomic mass is 10.1. The Morgan fingerprint density at radius 2 is 2.14 bits per heavy atom. The molecule has 0 radical (unpaired) electrons. The predicted octanol–water partition coefficient (Wildman–Crippen LogP) is 3.57. The van der Waals surface area contributed by atoms with Crippen molar-refractivity contribution < 1.29 is 14.3 Å². The highest BCUT2D eigenvalue weighted by atomic mass is 32.1. The third kappa shape index (κ3) is 3.72. The van der Waals surface area contributed by atoms with Crippen molar-refractivity contribution in [2.24, 2.45) is 0 Å². The Hall–Kier alpha value is -2.08. The molecular weight excluding hydrogens is 288 g/mol. The molecule has 1 N–H and O–H groups in total. The third-order valence-electron chi connectivity index (χ3n) is 2.91. The quantitative estimate of drug-likeness (QED) is 0.886. The fraction of sp³-hybridized carbons (Fsp3) is 0.333. The van der Waals surface area contributed by atoms with Gasteiger partial charge in [0, 0.05) is 17.4 Å². The number of nitrogens with zero attached hydrogens (tertiary/aromatic N) is 1. The van der Waals surface area contributed by atoms with Crippen LogP contribution in [-0.2, 0) is 4.79 Å². The number of methoxy groups -OCH3 is 2. The summed E-state index contributed by atoms with van der Waals surface area (Å²) in [5.41, 5.74) is 1.59. The van der Waals surface area contributed by atoms with Crippen LogP contribution in [0.2, 0.25) is 0 Å². The van der Waals surface area contributed by atoms with Gasteiger partial charge in [0.05, 0.1) is 19.9 Å². The second-order valence-electron chi connectivity index (χ2n) is 4.40. The number of aromatic nitrogens is 1.